The van der Waals surface area contributed by atoms with E-state index in [1.54, 1.807) is 20.3 Å². The lowest BCUT2D eigenvalue weighted by atomic mass is 10.0. The van der Waals surface area contributed by atoms with Gasteiger partial charge in [0, 0.05) is 38.3 Å². The number of nitrogens with zero attached hydrogens (tertiary/aromatic N) is 6. The van der Waals surface area contributed by atoms with Gasteiger partial charge < -0.3 is 19.1 Å². The van der Waals surface area contributed by atoms with Crippen LogP contribution in [-0.4, -0.2) is 78.2 Å². The van der Waals surface area contributed by atoms with Gasteiger partial charge in [-0.2, -0.15) is 0 Å². The number of rotatable bonds is 8. The topological polar surface area (TPSA) is 77.8 Å². The van der Waals surface area contributed by atoms with Crippen LogP contribution in [0.4, 0.5) is 10.1 Å². The molecule has 2 aliphatic heterocycles. The Kier molecular flexibility index (Phi) is 7.10. The zero-order chi connectivity index (χ0) is 24.2. The number of benzene rings is 2. The molecule has 0 bridgehead atoms. The molecule has 35 heavy (non-hydrogen) atoms. The van der Waals surface area contributed by atoms with Crippen LogP contribution in [0.25, 0.3) is 0 Å². The van der Waals surface area contributed by atoms with Crippen LogP contribution in [0.2, 0.25) is 0 Å². The van der Waals surface area contributed by atoms with Crippen LogP contribution in [0, 0.1) is 5.82 Å². The molecule has 0 amide bonds. The highest BCUT2D eigenvalue weighted by molar-refractivity contribution is 5.50. The third-order valence-electron chi connectivity index (χ3n) is 6.81. The molecule has 0 aliphatic carbocycles. The van der Waals surface area contributed by atoms with E-state index in [1.807, 2.05) is 35.0 Å². The van der Waals surface area contributed by atoms with Crippen molar-refractivity contribution in [2.75, 3.05) is 51.9 Å². The molecule has 0 saturated carbocycles. The quantitative estimate of drug-likeness (QED) is 0.485. The maximum atomic E-state index is 14.4. The monoisotopic (exact) mass is 482 g/mol. The lowest BCUT2D eigenvalue weighted by molar-refractivity contribution is 0.0906. The first kappa shape index (κ1) is 23.5. The smallest absolute Gasteiger partial charge is 0.173 e. The zero-order valence-corrected chi connectivity index (χ0v) is 20.1. The first-order valence-corrected chi connectivity index (χ1v) is 12.0. The van der Waals surface area contributed by atoms with E-state index in [0.29, 0.717) is 49.9 Å². The van der Waals surface area contributed by atoms with Gasteiger partial charge in [0.2, 0.25) is 0 Å². The van der Waals surface area contributed by atoms with Gasteiger partial charge in [-0.25, -0.2) is 9.07 Å². The van der Waals surface area contributed by atoms with Gasteiger partial charge in [-0.05, 0) is 41.5 Å². The highest BCUT2D eigenvalue weighted by Crippen LogP contribution is 2.40. The fraction of sp³-hybridized carbons (Fsp3) is 0.480. The lowest BCUT2D eigenvalue weighted by Gasteiger charge is -2.40. The van der Waals surface area contributed by atoms with Gasteiger partial charge in [0.05, 0.1) is 32.6 Å². The van der Waals surface area contributed by atoms with Gasteiger partial charge in [0.1, 0.15) is 11.9 Å². The lowest BCUT2D eigenvalue weighted by Crippen LogP contribution is -2.48. The van der Waals surface area contributed by atoms with Crippen molar-refractivity contribution in [1.82, 2.24) is 25.1 Å². The summed E-state index contributed by atoms with van der Waals surface area (Å²) in [7, 11) is 3.27. The van der Waals surface area contributed by atoms with Gasteiger partial charge in [0.15, 0.2) is 17.3 Å². The van der Waals surface area contributed by atoms with Crippen molar-refractivity contribution in [3.63, 3.8) is 0 Å². The largest absolute Gasteiger partial charge is 0.493 e. The van der Waals surface area contributed by atoms with Crippen molar-refractivity contribution in [2.24, 2.45) is 0 Å². The minimum absolute atomic E-state index is 0.100. The SMILES string of the molecule is COc1cccc([C@H](c2nnnn2C[C@@H]2CCCO2)N2CCN(c3ccccc3F)CC2)c1OC. The second-order valence-corrected chi connectivity index (χ2v) is 8.81. The zero-order valence-electron chi connectivity index (χ0n) is 20.1. The number of hydrogen-bond acceptors (Lipinski definition) is 8. The summed E-state index contributed by atoms with van der Waals surface area (Å²) in [6.07, 6.45) is 2.14. The standard InChI is InChI=1S/C25H31FN6O3/c1-33-22-11-5-8-19(24(22)34-2)23(25-27-28-29-32(25)17-18-7-6-16-35-18)31-14-12-30(13-15-31)21-10-4-3-9-20(21)26/h3-5,8-11,18,23H,6-7,12-17H2,1-2H3/t18-,23+/m0/s1. The summed E-state index contributed by atoms with van der Waals surface area (Å²) in [6.45, 7) is 4.12. The van der Waals surface area contributed by atoms with Gasteiger partial charge in [0.25, 0.3) is 0 Å². The van der Waals surface area contributed by atoms with Crippen LogP contribution in [0.1, 0.15) is 30.3 Å². The van der Waals surface area contributed by atoms with Crippen molar-refractivity contribution in [3.05, 3.63) is 59.7 Å². The molecule has 3 heterocycles. The molecule has 186 valence electrons. The molecule has 10 heteroatoms. The molecule has 2 fully saturated rings. The Morgan fingerprint density at radius 3 is 2.60 bits per heavy atom. The number of halogens is 1. The molecule has 9 nitrogen and oxygen atoms in total. The van der Waals surface area contributed by atoms with E-state index in [1.165, 1.54) is 6.07 Å². The molecule has 1 aromatic heterocycles. The third kappa shape index (κ3) is 4.81. The van der Waals surface area contributed by atoms with Crippen molar-refractivity contribution in [1.29, 1.82) is 0 Å². The highest BCUT2D eigenvalue weighted by atomic mass is 19.1. The summed E-state index contributed by atoms with van der Waals surface area (Å²) in [5, 5.41) is 12.8. The predicted octanol–water partition coefficient (Wildman–Crippen LogP) is 2.92. The number of anilines is 1. The molecule has 3 aromatic rings. The van der Waals surface area contributed by atoms with E-state index in [9.17, 15) is 4.39 Å². The van der Waals surface area contributed by atoms with Gasteiger partial charge >= 0.3 is 0 Å². The number of aromatic nitrogens is 4. The summed E-state index contributed by atoms with van der Waals surface area (Å²) < 4.78 is 33.5. The van der Waals surface area contributed by atoms with Crippen LogP contribution in [0.15, 0.2) is 42.5 Å². The average molecular weight is 483 g/mol. The maximum Gasteiger partial charge on any atom is 0.173 e. The molecule has 2 aliphatic rings. The van der Waals surface area contributed by atoms with Crippen molar-refractivity contribution >= 4 is 5.69 Å². The van der Waals surface area contributed by atoms with E-state index < -0.39 is 0 Å². The van der Waals surface area contributed by atoms with Crippen molar-refractivity contribution < 1.29 is 18.6 Å². The summed E-state index contributed by atoms with van der Waals surface area (Å²) >= 11 is 0. The third-order valence-corrected chi connectivity index (χ3v) is 6.81. The fourth-order valence-electron chi connectivity index (χ4n) is 5.07. The van der Waals surface area contributed by atoms with Crippen LogP contribution < -0.4 is 14.4 Å². The Morgan fingerprint density at radius 2 is 1.89 bits per heavy atom. The summed E-state index contributed by atoms with van der Waals surface area (Å²) in [6, 6.07) is 12.5. The van der Waals surface area contributed by atoms with Crippen LogP contribution in [-0.2, 0) is 11.3 Å². The number of ether oxygens (including phenoxy) is 3. The Hall–Kier alpha value is -3.24. The number of methoxy groups -OCH3 is 2. The molecule has 2 atom stereocenters. The van der Waals surface area contributed by atoms with E-state index in [4.69, 9.17) is 14.2 Å². The molecule has 0 unspecified atom stereocenters. The molecule has 0 spiro atoms. The Morgan fingerprint density at radius 1 is 1.06 bits per heavy atom. The minimum atomic E-state index is -0.265. The van der Waals surface area contributed by atoms with Crippen molar-refractivity contribution in [3.8, 4) is 11.5 Å². The van der Waals surface area contributed by atoms with Gasteiger partial charge in [-0.15, -0.1) is 5.10 Å². The molecule has 2 aromatic carbocycles. The molecule has 0 radical (unpaired) electrons. The number of piperazine rings is 1. The summed E-state index contributed by atoms with van der Waals surface area (Å²) in [5.41, 5.74) is 1.56. The van der Waals surface area contributed by atoms with Crippen LogP contribution >= 0.6 is 0 Å². The average Bonchev–Trinajstić information content (AvgIpc) is 3.58. The normalized spacial score (nSPS) is 19.6. The molecule has 0 N–H and O–H groups in total. The van der Waals surface area contributed by atoms with E-state index in [2.05, 4.69) is 25.3 Å². The fourth-order valence-corrected chi connectivity index (χ4v) is 5.07. The predicted molar refractivity (Wildman–Crippen MR) is 128 cm³/mol. The summed E-state index contributed by atoms with van der Waals surface area (Å²) in [5.74, 6) is 1.83. The molecular formula is C25H31FN6O3. The Labute approximate surface area is 204 Å². The minimum Gasteiger partial charge on any atom is -0.493 e. The van der Waals surface area contributed by atoms with Crippen LogP contribution in [0.5, 0.6) is 11.5 Å². The van der Waals surface area contributed by atoms with Gasteiger partial charge in [-0.3, -0.25) is 4.90 Å². The Bertz CT molecular complexity index is 1130. The van der Waals surface area contributed by atoms with E-state index >= 15 is 0 Å². The van der Waals surface area contributed by atoms with Gasteiger partial charge in [-0.1, -0.05) is 24.3 Å². The van der Waals surface area contributed by atoms with E-state index in [0.717, 1.165) is 30.8 Å². The molecular weight excluding hydrogens is 451 g/mol. The molecule has 5 rings (SSSR count). The second kappa shape index (κ2) is 10.6. The maximum absolute atomic E-state index is 14.4. The Balaban J connectivity index is 1.48. The first-order valence-electron chi connectivity index (χ1n) is 12.0. The highest BCUT2D eigenvalue weighted by Gasteiger charge is 2.34. The number of tetrazole rings is 1. The van der Waals surface area contributed by atoms with E-state index in [-0.39, 0.29) is 18.0 Å². The summed E-state index contributed by atoms with van der Waals surface area (Å²) in [4.78, 5) is 4.41. The van der Waals surface area contributed by atoms with Crippen LogP contribution in [0.3, 0.4) is 0 Å². The number of para-hydroxylation sites is 2. The number of hydrogen-bond donors (Lipinski definition) is 0. The van der Waals surface area contributed by atoms with Crippen molar-refractivity contribution in [2.45, 2.75) is 31.5 Å². The second-order valence-electron chi connectivity index (χ2n) is 8.81. The first-order chi connectivity index (χ1) is 17.2. The molecule has 2 saturated heterocycles.